The van der Waals surface area contributed by atoms with E-state index in [1.165, 1.54) is 18.7 Å². The SMILES string of the molecule is Nc1c(NCc2ccco2)ncnc1NNC(=O)c1ccco1. The summed E-state index contributed by atoms with van der Waals surface area (Å²) < 4.78 is 10.2. The fourth-order valence-electron chi connectivity index (χ4n) is 1.81. The summed E-state index contributed by atoms with van der Waals surface area (Å²) in [6.45, 7) is 0.423. The Bertz CT molecular complexity index is 770. The van der Waals surface area contributed by atoms with Gasteiger partial charge in [0, 0.05) is 0 Å². The number of nitrogens with two attached hydrogens (primary N) is 1. The zero-order valence-corrected chi connectivity index (χ0v) is 11.9. The number of hydrogen-bond acceptors (Lipinski definition) is 8. The van der Waals surface area contributed by atoms with Gasteiger partial charge in [0.1, 0.15) is 17.8 Å². The van der Waals surface area contributed by atoms with Crippen molar-refractivity contribution in [3.05, 3.63) is 54.6 Å². The summed E-state index contributed by atoms with van der Waals surface area (Å²) in [5.41, 5.74) is 11.3. The lowest BCUT2D eigenvalue weighted by molar-refractivity contribution is 0.0935. The zero-order chi connectivity index (χ0) is 16.1. The Hall–Kier alpha value is -3.49. The van der Waals surface area contributed by atoms with Gasteiger partial charge in [-0.05, 0) is 24.3 Å². The summed E-state index contributed by atoms with van der Waals surface area (Å²) in [6, 6.07) is 6.77. The molecule has 0 saturated carbocycles. The van der Waals surface area contributed by atoms with E-state index in [2.05, 4.69) is 26.1 Å². The largest absolute Gasteiger partial charge is 0.467 e. The number of hydrogen-bond donors (Lipinski definition) is 4. The second kappa shape index (κ2) is 6.52. The highest BCUT2D eigenvalue weighted by Crippen LogP contribution is 2.22. The number of furan rings is 2. The summed E-state index contributed by atoms with van der Waals surface area (Å²) in [5, 5.41) is 3.03. The molecule has 0 unspecified atom stereocenters. The molecule has 3 aromatic rings. The van der Waals surface area contributed by atoms with E-state index in [0.717, 1.165) is 5.76 Å². The summed E-state index contributed by atoms with van der Waals surface area (Å²) >= 11 is 0. The second-order valence-electron chi connectivity index (χ2n) is 4.47. The van der Waals surface area contributed by atoms with Gasteiger partial charge in [-0.3, -0.25) is 15.6 Å². The van der Waals surface area contributed by atoms with E-state index in [-0.39, 0.29) is 17.3 Å². The van der Waals surface area contributed by atoms with Crippen LogP contribution >= 0.6 is 0 Å². The zero-order valence-electron chi connectivity index (χ0n) is 11.9. The molecule has 0 atom stereocenters. The molecule has 0 aliphatic carbocycles. The lowest BCUT2D eigenvalue weighted by atomic mass is 10.4. The molecule has 0 aromatic carbocycles. The normalized spacial score (nSPS) is 10.3. The summed E-state index contributed by atoms with van der Waals surface area (Å²) in [6.07, 6.45) is 4.31. The lowest BCUT2D eigenvalue weighted by Crippen LogP contribution is -2.30. The highest BCUT2D eigenvalue weighted by Gasteiger charge is 2.11. The molecule has 1 amide bonds. The van der Waals surface area contributed by atoms with E-state index < -0.39 is 5.91 Å². The average Bonchev–Trinajstić information content (AvgIpc) is 3.25. The Balaban J connectivity index is 1.63. The molecular formula is C14H14N6O3. The Morgan fingerprint density at radius 2 is 1.91 bits per heavy atom. The molecule has 3 heterocycles. The number of carbonyl (C=O) groups is 1. The first-order valence-corrected chi connectivity index (χ1v) is 6.70. The van der Waals surface area contributed by atoms with Crippen LogP contribution in [0.25, 0.3) is 0 Å². The topological polar surface area (TPSA) is 131 Å². The quantitative estimate of drug-likeness (QED) is 0.505. The van der Waals surface area contributed by atoms with Crippen molar-refractivity contribution in [2.24, 2.45) is 0 Å². The van der Waals surface area contributed by atoms with Gasteiger partial charge < -0.3 is 19.9 Å². The number of nitrogens with one attached hydrogen (secondary N) is 3. The second-order valence-corrected chi connectivity index (χ2v) is 4.47. The van der Waals surface area contributed by atoms with Crippen molar-refractivity contribution in [2.75, 3.05) is 16.5 Å². The van der Waals surface area contributed by atoms with Gasteiger partial charge >= 0.3 is 5.91 Å². The number of hydrazine groups is 1. The van der Waals surface area contributed by atoms with Crippen LogP contribution in [0, 0.1) is 0 Å². The van der Waals surface area contributed by atoms with Crippen molar-refractivity contribution in [2.45, 2.75) is 6.54 Å². The van der Waals surface area contributed by atoms with Crippen LogP contribution in [0.15, 0.2) is 52.0 Å². The fourth-order valence-corrected chi connectivity index (χ4v) is 1.81. The maximum absolute atomic E-state index is 11.8. The number of anilines is 3. The van der Waals surface area contributed by atoms with Gasteiger partial charge in [0.2, 0.25) is 0 Å². The maximum Gasteiger partial charge on any atom is 0.305 e. The van der Waals surface area contributed by atoms with Crippen LogP contribution in [0.1, 0.15) is 16.3 Å². The molecule has 0 saturated heterocycles. The summed E-state index contributed by atoms with van der Waals surface area (Å²) in [4.78, 5) is 19.8. The third-order valence-corrected chi connectivity index (χ3v) is 2.93. The molecule has 9 heteroatoms. The molecule has 0 fully saturated rings. The van der Waals surface area contributed by atoms with Crippen LogP contribution in [-0.4, -0.2) is 15.9 Å². The number of aromatic nitrogens is 2. The van der Waals surface area contributed by atoms with Crippen LogP contribution in [0.3, 0.4) is 0 Å². The van der Waals surface area contributed by atoms with Crippen LogP contribution in [-0.2, 0) is 6.54 Å². The van der Waals surface area contributed by atoms with Crippen LogP contribution in [0.5, 0.6) is 0 Å². The molecule has 3 rings (SSSR count). The molecule has 118 valence electrons. The van der Waals surface area contributed by atoms with Gasteiger partial charge in [0.05, 0.1) is 19.1 Å². The first kappa shape index (κ1) is 14.4. The first-order valence-electron chi connectivity index (χ1n) is 6.70. The van der Waals surface area contributed by atoms with Crippen molar-refractivity contribution < 1.29 is 13.6 Å². The van der Waals surface area contributed by atoms with E-state index in [4.69, 9.17) is 14.6 Å². The van der Waals surface area contributed by atoms with Gasteiger partial charge in [-0.1, -0.05) is 0 Å². The molecular weight excluding hydrogens is 300 g/mol. The van der Waals surface area contributed by atoms with Crippen molar-refractivity contribution >= 4 is 23.2 Å². The van der Waals surface area contributed by atoms with Crippen LogP contribution < -0.4 is 21.9 Å². The van der Waals surface area contributed by atoms with Gasteiger partial charge in [-0.15, -0.1) is 0 Å². The third kappa shape index (κ3) is 3.40. The average molecular weight is 314 g/mol. The maximum atomic E-state index is 11.8. The van der Waals surface area contributed by atoms with Crippen LogP contribution in [0.2, 0.25) is 0 Å². The molecule has 0 bridgehead atoms. The highest BCUT2D eigenvalue weighted by atomic mass is 16.3. The Morgan fingerprint density at radius 3 is 2.65 bits per heavy atom. The minimum Gasteiger partial charge on any atom is -0.467 e. The van der Waals surface area contributed by atoms with Crippen molar-refractivity contribution in [1.82, 2.24) is 15.4 Å². The standard InChI is InChI=1S/C14H14N6O3/c15-11-12(16-7-9-3-1-5-22-9)17-8-18-13(11)19-20-14(21)10-4-2-6-23-10/h1-6,8H,7,15H2,(H,20,21)(H2,16,17,18,19). The number of nitrogen functional groups attached to an aromatic ring is 1. The van der Waals surface area contributed by atoms with E-state index in [0.29, 0.717) is 12.4 Å². The van der Waals surface area contributed by atoms with Gasteiger partial charge in [0.15, 0.2) is 17.4 Å². The Labute approximate surface area is 130 Å². The molecule has 5 N–H and O–H groups in total. The molecule has 0 spiro atoms. The Kier molecular flexibility index (Phi) is 4.09. The Morgan fingerprint density at radius 1 is 1.13 bits per heavy atom. The van der Waals surface area contributed by atoms with E-state index in [9.17, 15) is 4.79 Å². The highest BCUT2D eigenvalue weighted by molar-refractivity contribution is 5.92. The number of carbonyl (C=O) groups excluding carboxylic acids is 1. The summed E-state index contributed by atoms with van der Waals surface area (Å²) in [5.74, 6) is 1.15. The number of amides is 1. The minimum absolute atomic E-state index is 0.168. The molecule has 0 aliphatic rings. The number of nitrogens with zero attached hydrogens (tertiary/aromatic N) is 2. The third-order valence-electron chi connectivity index (χ3n) is 2.93. The molecule has 23 heavy (non-hydrogen) atoms. The van der Waals surface area contributed by atoms with Crippen molar-refractivity contribution in [1.29, 1.82) is 0 Å². The van der Waals surface area contributed by atoms with E-state index in [1.807, 2.05) is 6.07 Å². The number of rotatable bonds is 6. The predicted octanol–water partition coefficient (Wildman–Crippen LogP) is 1.61. The van der Waals surface area contributed by atoms with Crippen LogP contribution in [0.4, 0.5) is 17.3 Å². The summed E-state index contributed by atoms with van der Waals surface area (Å²) in [7, 11) is 0. The first-order chi connectivity index (χ1) is 11.2. The lowest BCUT2D eigenvalue weighted by Gasteiger charge is -2.12. The fraction of sp³-hybridized carbons (Fsp3) is 0.0714. The minimum atomic E-state index is -0.446. The monoisotopic (exact) mass is 314 g/mol. The van der Waals surface area contributed by atoms with Gasteiger partial charge in [-0.2, -0.15) is 0 Å². The van der Waals surface area contributed by atoms with E-state index >= 15 is 0 Å². The van der Waals surface area contributed by atoms with E-state index in [1.54, 1.807) is 18.4 Å². The molecule has 0 radical (unpaired) electrons. The van der Waals surface area contributed by atoms with Crippen molar-refractivity contribution in [3.63, 3.8) is 0 Å². The molecule has 3 aromatic heterocycles. The molecule has 9 nitrogen and oxygen atoms in total. The van der Waals surface area contributed by atoms with Gasteiger partial charge in [-0.25, -0.2) is 9.97 Å². The predicted molar refractivity (Wildman–Crippen MR) is 82.3 cm³/mol. The smallest absolute Gasteiger partial charge is 0.305 e. The van der Waals surface area contributed by atoms with Crippen molar-refractivity contribution in [3.8, 4) is 0 Å². The van der Waals surface area contributed by atoms with Gasteiger partial charge in [0.25, 0.3) is 0 Å². The molecule has 0 aliphatic heterocycles.